The van der Waals surface area contributed by atoms with Gasteiger partial charge in [-0.05, 0) is 41.0 Å². The smallest absolute Gasteiger partial charge is 0.412 e. The second kappa shape index (κ2) is 10.4. The SMILES string of the molecule is CC=C[C@@H]1CC(OC)N(C(=O)OC(C)(C)C)[C@H]1[C@@H](NC(C)=O)[C@](C)(CCC)OC. The molecular formula is C22H40N2O5. The van der Waals surface area contributed by atoms with Gasteiger partial charge in [0.25, 0.3) is 0 Å². The maximum absolute atomic E-state index is 13.2. The van der Waals surface area contributed by atoms with E-state index in [2.05, 4.69) is 18.3 Å². The van der Waals surface area contributed by atoms with Crippen molar-refractivity contribution in [2.45, 2.75) is 97.2 Å². The van der Waals surface area contributed by atoms with Crippen LogP contribution in [0.2, 0.25) is 0 Å². The number of ether oxygens (including phenoxy) is 3. The van der Waals surface area contributed by atoms with Crippen molar-refractivity contribution in [3.8, 4) is 0 Å². The molecule has 1 saturated heterocycles. The predicted octanol–water partition coefficient (Wildman–Crippen LogP) is 3.87. The Balaban J connectivity index is 3.52. The van der Waals surface area contributed by atoms with E-state index in [4.69, 9.17) is 14.2 Å². The number of amides is 2. The van der Waals surface area contributed by atoms with Crippen LogP contribution in [0.1, 0.15) is 67.7 Å². The number of hydrogen-bond donors (Lipinski definition) is 1. The van der Waals surface area contributed by atoms with Gasteiger partial charge in [-0.15, -0.1) is 0 Å². The highest BCUT2D eigenvalue weighted by molar-refractivity contribution is 5.74. The lowest BCUT2D eigenvalue weighted by molar-refractivity contribution is -0.126. The van der Waals surface area contributed by atoms with Crippen molar-refractivity contribution in [2.75, 3.05) is 14.2 Å². The van der Waals surface area contributed by atoms with Gasteiger partial charge in [0.2, 0.25) is 5.91 Å². The summed E-state index contributed by atoms with van der Waals surface area (Å²) < 4.78 is 17.3. The van der Waals surface area contributed by atoms with E-state index in [9.17, 15) is 9.59 Å². The Bertz CT molecular complexity index is 586. The van der Waals surface area contributed by atoms with Gasteiger partial charge in [-0.25, -0.2) is 4.79 Å². The summed E-state index contributed by atoms with van der Waals surface area (Å²) in [7, 11) is 3.24. The largest absolute Gasteiger partial charge is 0.444 e. The van der Waals surface area contributed by atoms with Crippen LogP contribution < -0.4 is 5.32 Å². The van der Waals surface area contributed by atoms with E-state index in [0.29, 0.717) is 6.42 Å². The topological polar surface area (TPSA) is 77.1 Å². The van der Waals surface area contributed by atoms with E-state index < -0.39 is 29.6 Å². The number of allylic oxidation sites excluding steroid dienone is 1. The van der Waals surface area contributed by atoms with Crippen LogP contribution in [0, 0.1) is 5.92 Å². The average Bonchev–Trinajstić information content (AvgIpc) is 2.96. The van der Waals surface area contributed by atoms with Crippen LogP contribution in [0.4, 0.5) is 4.79 Å². The van der Waals surface area contributed by atoms with Gasteiger partial charge in [0.05, 0.1) is 17.7 Å². The van der Waals surface area contributed by atoms with E-state index in [1.165, 1.54) is 6.92 Å². The number of likely N-dealkylation sites (tertiary alicyclic amines) is 1. The van der Waals surface area contributed by atoms with Crippen molar-refractivity contribution < 1.29 is 23.8 Å². The molecule has 1 heterocycles. The lowest BCUT2D eigenvalue weighted by Crippen LogP contribution is -2.64. The van der Waals surface area contributed by atoms with Crippen LogP contribution in [0.15, 0.2) is 12.2 Å². The molecule has 2 amide bonds. The number of rotatable bonds is 8. The van der Waals surface area contributed by atoms with Crippen molar-refractivity contribution in [3.63, 3.8) is 0 Å². The summed E-state index contributed by atoms with van der Waals surface area (Å²) >= 11 is 0. The average molecular weight is 413 g/mol. The molecule has 1 aliphatic rings. The summed E-state index contributed by atoms with van der Waals surface area (Å²) in [4.78, 5) is 27.0. The minimum atomic E-state index is -0.659. The first kappa shape index (κ1) is 25.4. The van der Waals surface area contributed by atoms with Crippen molar-refractivity contribution >= 4 is 12.0 Å². The lowest BCUT2D eigenvalue weighted by atomic mass is 9.81. The quantitative estimate of drug-likeness (QED) is 0.613. The Morgan fingerprint density at radius 2 is 1.86 bits per heavy atom. The summed E-state index contributed by atoms with van der Waals surface area (Å²) in [5.74, 6) is -0.181. The van der Waals surface area contributed by atoms with E-state index in [1.807, 2.05) is 40.7 Å². The van der Waals surface area contributed by atoms with Crippen LogP contribution in [0.3, 0.4) is 0 Å². The van der Waals surface area contributed by atoms with Gasteiger partial charge < -0.3 is 19.5 Å². The second-order valence-electron chi connectivity index (χ2n) is 8.94. The van der Waals surface area contributed by atoms with Crippen molar-refractivity contribution in [2.24, 2.45) is 5.92 Å². The van der Waals surface area contributed by atoms with Gasteiger partial charge in [0, 0.05) is 33.5 Å². The summed E-state index contributed by atoms with van der Waals surface area (Å²) in [6.45, 7) is 13.0. The van der Waals surface area contributed by atoms with Gasteiger partial charge in [-0.2, -0.15) is 0 Å². The molecule has 0 aromatic carbocycles. The van der Waals surface area contributed by atoms with Crippen LogP contribution in [0.25, 0.3) is 0 Å². The monoisotopic (exact) mass is 412 g/mol. The Labute approximate surface area is 176 Å². The highest BCUT2D eigenvalue weighted by atomic mass is 16.6. The molecule has 168 valence electrons. The molecule has 1 aliphatic heterocycles. The summed E-state index contributed by atoms with van der Waals surface area (Å²) in [5, 5.41) is 3.08. The Morgan fingerprint density at radius 1 is 1.24 bits per heavy atom. The maximum Gasteiger partial charge on any atom is 0.412 e. The molecule has 1 rings (SSSR count). The first-order valence-corrected chi connectivity index (χ1v) is 10.4. The van der Waals surface area contributed by atoms with Gasteiger partial charge in [-0.3, -0.25) is 9.69 Å². The molecule has 0 aliphatic carbocycles. The number of nitrogens with one attached hydrogen (secondary N) is 1. The van der Waals surface area contributed by atoms with Gasteiger partial charge in [0.15, 0.2) is 0 Å². The molecule has 7 nitrogen and oxygen atoms in total. The van der Waals surface area contributed by atoms with E-state index in [0.717, 1.165) is 12.8 Å². The van der Waals surface area contributed by atoms with Crippen LogP contribution in [-0.2, 0) is 19.0 Å². The Hall–Kier alpha value is -1.60. The van der Waals surface area contributed by atoms with Gasteiger partial charge >= 0.3 is 6.09 Å². The van der Waals surface area contributed by atoms with E-state index in [1.54, 1.807) is 19.1 Å². The highest BCUT2D eigenvalue weighted by Gasteiger charge is 2.53. The molecular weight excluding hydrogens is 372 g/mol. The molecule has 1 unspecified atom stereocenters. The number of methoxy groups -OCH3 is 2. The van der Waals surface area contributed by atoms with Crippen molar-refractivity contribution in [1.29, 1.82) is 0 Å². The third-order valence-electron chi connectivity index (χ3n) is 5.43. The normalized spacial score (nSPS) is 25.7. The molecule has 1 N–H and O–H groups in total. The molecule has 1 fully saturated rings. The molecule has 5 atom stereocenters. The van der Waals surface area contributed by atoms with Gasteiger partial charge in [0.1, 0.15) is 11.8 Å². The molecule has 29 heavy (non-hydrogen) atoms. The van der Waals surface area contributed by atoms with E-state index in [-0.39, 0.29) is 17.9 Å². The fourth-order valence-corrected chi connectivity index (χ4v) is 4.19. The van der Waals surface area contributed by atoms with Crippen LogP contribution in [0.5, 0.6) is 0 Å². The van der Waals surface area contributed by atoms with E-state index >= 15 is 0 Å². The molecule has 7 heteroatoms. The minimum Gasteiger partial charge on any atom is -0.444 e. The first-order chi connectivity index (χ1) is 13.4. The molecule has 0 aromatic rings. The molecule has 0 bridgehead atoms. The fraction of sp³-hybridized carbons (Fsp3) is 0.818. The third-order valence-corrected chi connectivity index (χ3v) is 5.43. The standard InChI is InChI=1S/C22H40N2O5/c1-10-12-16-14-17(27-8)24(20(26)29-21(4,5)6)18(16)19(23-15(3)25)22(7,28-9)13-11-2/h10,12,16-19H,11,13-14H2,1-9H3,(H,23,25)/t16-,17?,18-,19-,22+/m1/s1. The zero-order valence-corrected chi connectivity index (χ0v) is 19.6. The number of carbonyl (C=O) groups is 2. The first-order valence-electron chi connectivity index (χ1n) is 10.4. The van der Waals surface area contributed by atoms with Crippen LogP contribution in [-0.4, -0.2) is 60.6 Å². The number of hydrogen-bond acceptors (Lipinski definition) is 5. The zero-order valence-electron chi connectivity index (χ0n) is 19.6. The molecule has 0 aromatic heterocycles. The Kier molecular flexibility index (Phi) is 9.15. The molecule has 0 spiro atoms. The van der Waals surface area contributed by atoms with Crippen LogP contribution >= 0.6 is 0 Å². The molecule has 0 saturated carbocycles. The predicted molar refractivity (Wildman–Crippen MR) is 114 cm³/mol. The molecule has 0 radical (unpaired) electrons. The zero-order chi connectivity index (χ0) is 22.4. The highest BCUT2D eigenvalue weighted by Crippen LogP contribution is 2.39. The van der Waals surface area contributed by atoms with Crippen molar-refractivity contribution in [3.05, 3.63) is 12.2 Å². The second-order valence-corrected chi connectivity index (χ2v) is 8.94. The lowest BCUT2D eigenvalue weighted by Gasteiger charge is -2.44. The fourth-order valence-electron chi connectivity index (χ4n) is 4.19. The van der Waals surface area contributed by atoms with Gasteiger partial charge in [-0.1, -0.05) is 25.5 Å². The van der Waals surface area contributed by atoms with Crippen molar-refractivity contribution in [1.82, 2.24) is 10.2 Å². The third kappa shape index (κ3) is 6.44. The minimum absolute atomic E-state index is 0.0133. The summed E-state index contributed by atoms with van der Waals surface area (Å²) in [5.41, 5.74) is -1.30. The summed E-state index contributed by atoms with van der Waals surface area (Å²) in [6, 6.07) is -0.801. The number of carbonyl (C=O) groups excluding carboxylic acids is 2. The number of nitrogens with zero attached hydrogens (tertiary/aromatic N) is 1. The Morgan fingerprint density at radius 3 is 2.28 bits per heavy atom. The maximum atomic E-state index is 13.2. The summed E-state index contributed by atoms with van der Waals surface area (Å²) in [6.07, 6.45) is 5.36.